The lowest BCUT2D eigenvalue weighted by molar-refractivity contribution is 0.0671. The SMILES string of the molecule is NCc1cc(C(=O)N2CC(Cn3cnnc3)C3(CCC3)C2)n[nH]1. The second kappa shape index (κ2) is 5.45. The second-order valence-corrected chi connectivity index (χ2v) is 6.74. The lowest BCUT2D eigenvalue weighted by Gasteiger charge is -2.42. The first kappa shape index (κ1) is 14.4. The molecule has 4 rings (SSSR count). The van der Waals surface area contributed by atoms with Crippen molar-refractivity contribution < 1.29 is 4.79 Å². The predicted octanol–water partition coefficient (Wildman–Crippen LogP) is 0.402. The Morgan fingerprint density at radius 1 is 1.39 bits per heavy atom. The maximum Gasteiger partial charge on any atom is 0.274 e. The number of likely N-dealkylation sites (tertiary alicyclic amines) is 1. The number of hydrogen-bond donors (Lipinski definition) is 2. The van der Waals surface area contributed by atoms with E-state index in [-0.39, 0.29) is 11.3 Å². The van der Waals surface area contributed by atoms with Crippen LogP contribution in [0.1, 0.15) is 35.4 Å². The Morgan fingerprint density at radius 3 is 2.78 bits per heavy atom. The lowest BCUT2D eigenvalue weighted by atomic mass is 9.63. The van der Waals surface area contributed by atoms with Gasteiger partial charge in [0, 0.05) is 37.8 Å². The zero-order valence-electron chi connectivity index (χ0n) is 13.0. The first-order valence-corrected chi connectivity index (χ1v) is 8.06. The Morgan fingerprint density at radius 2 is 2.17 bits per heavy atom. The second-order valence-electron chi connectivity index (χ2n) is 6.74. The molecule has 23 heavy (non-hydrogen) atoms. The first-order chi connectivity index (χ1) is 11.2. The minimum Gasteiger partial charge on any atom is -0.336 e. The smallest absolute Gasteiger partial charge is 0.274 e. The highest BCUT2D eigenvalue weighted by Crippen LogP contribution is 2.52. The van der Waals surface area contributed by atoms with Gasteiger partial charge in [0.15, 0.2) is 0 Å². The fourth-order valence-corrected chi connectivity index (χ4v) is 3.95. The van der Waals surface area contributed by atoms with E-state index < -0.39 is 0 Å². The van der Waals surface area contributed by atoms with E-state index in [2.05, 4.69) is 20.4 Å². The summed E-state index contributed by atoms with van der Waals surface area (Å²) >= 11 is 0. The summed E-state index contributed by atoms with van der Waals surface area (Å²) in [6.45, 7) is 2.82. The monoisotopic (exact) mass is 315 g/mol. The molecule has 1 aliphatic heterocycles. The van der Waals surface area contributed by atoms with Crippen molar-refractivity contribution in [3.8, 4) is 0 Å². The molecular formula is C15H21N7O. The van der Waals surface area contributed by atoms with Gasteiger partial charge in [-0.3, -0.25) is 9.89 Å². The highest BCUT2D eigenvalue weighted by Gasteiger charge is 2.51. The number of nitrogens with one attached hydrogen (secondary N) is 1. The standard InChI is InChI=1S/C15H21N7O/c16-5-12-4-13(20-19-12)14(23)22-7-11(6-21-9-17-18-10-21)15(8-22)2-1-3-15/h4,9-11H,1-3,5-8,16H2,(H,19,20). The van der Waals surface area contributed by atoms with Crippen molar-refractivity contribution in [2.75, 3.05) is 13.1 Å². The van der Waals surface area contributed by atoms with Gasteiger partial charge in [0.1, 0.15) is 18.3 Å². The van der Waals surface area contributed by atoms with Gasteiger partial charge in [-0.05, 0) is 24.3 Å². The molecule has 1 aliphatic carbocycles. The molecule has 1 atom stereocenters. The molecule has 3 heterocycles. The molecule has 0 bridgehead atoms. The molecule has 8 nitrogen and oxygen atoms in total. The topological polar surface area (TPSA) is 106 Å². The van der Waals surface area contributed by atoms with Crippen LogP contribution in [-0.4, -0.2) is 48.9 Å². The van der Waals surface area contributed by atoms with Crippen molar-refractivity contribution in [2.24, 2.45) is 17.1 Å². The van der Waals surface area contributed by atoms with Crippen molar-refractivity contribution in [2.45, 2.75) is 32.4 Å². The Hall–Kier alpha value is -2.22. The molecular weight excluding hydrogens is 294 g/mol. The molecule has 8 heteroatoms. The normalized spacial score (nSPS) is 22.5. The number of rotatable bonds is 4. The van der Waals surface area contributed by atoms with Gasteiger partial charge in [0.2, 0.25) is 0 Å². The van der Waals surface area contributed by atoms with E-state index in [4.69, 9.17) is 5.73 Å². The molecule has 2 aromatic rings. The average Bonchev–Trinajstić information content (AvgIpc) is 3.25. The summed E-state index contributed by atoms with van der Waals surface area (Å²) in [7, 11) is 0. The van der Waals surface area contributed by atoms with E-state index >= 15 is 0 Å². The third-order valence-electron chi connectivity index (χ3n) is 5.42. The molecule has 3 N–H and O–H groups in total. The van der Waals surface area contributed by atoms with Crippen LogP contribution in [0.15, 0.2) is 18.7 Å². The van der Waals surface area contributed by atoms with Crippen molar-refractivity contribution in [3.05, 3.63) is 30.1 Å². The molecule has 1 saturated carbocycles. The highest BCUT2D eigenvalue weighted by atomic mass is 16.2. The number of amides is 1. The van der Waals surface area contributed by atoms with E-state index in [1.54, 1.807) is 18.7 Å². The molecule has 1 unspecified atom stereocenters. The van der Waals surface area contributed by atoms with Crippen molar-refractivity contribution in [3.63, 3.8) is 0 Å². The number of hydrogen-bond acceptors (Lipinski definition) is 5. The number of aromatic nitrogens is 5. The minimum atomic E-state index is -0.00141. The Labute approximate surface area is 134 Å². The fourth-order valence-electron chi connectivity index (χ4n) is 3.95. The van der Waals surface area contributed by atoms with Crippen LogP contribution in [0.3, 0.4) is 0 Å². The Bertz CT molecular complexity index is 689. The molecule has 0 radical (unpaired) electrons. The summed E-state index contributed by atoms with van der Waals surface area (Å²) in [5, 5.41) is 14.7. The van der Waals surface area contributed by atoms with Crippen LogP contribution in [0.25, 0.3) is 0 Å². The van der Waals surface area contributed by atoms with Crippen LogP contribution in [0.2, 0.25) is 0 Å². The molecule has 2 aromatic heterocycles. The van der Waals surface area contributed by atoms with Gasteiger partial charge in [0.25, 0.3) is 5.91 Å². The summed E-state index contributed by atoms with van der Waals surface area (Å²) in [4.78, 5) is 14.7. The molecule has 2 fully saturated rings. The van der Waals surface area contributed by atoms with E-state index in [9.17, 15) is 4.79 Å². The van der Waals surface area contributed by atoms with Gasteiger partial charge in [-0.1, -0.05) is 6.42 Å². The van der Waals surface area contributed by atoms with Crippen LogP contribution in [0, 0.1) is 11.3 Å². The van der Waals surface area contributed by atoms with Gasteiger partial charge >= 0.3 is 0 Å². The maximum atomic E-state index is 12.7. The van der Waals surface area contributed by atoms with Crippen LogP contribution < -0.4 is 5.73 Å². The number of carbonyl (C=O) groups excluding carboxylic acids is 1. The zero-order valence-corrected chi connectivity index (χ0v) is 13.0. The minimum absolute atomic E-state index is 0.00141. The van der Waals surface area contributed by atoms with Crippen molar-refractivity contribution >= 4 is 5.91 Å². The number of H-pyrrole nitrogens is 1. The van der Waals surface area contributed by atoms with Crippen LogP contribution >= 0.6 is 0 Å². The van der Waals surface area contributed by atoms with Gasteiger partial charge in [-0.2, -0.15) is 5.10 Å². The summed E-state index contributed by atoms with van der Waals surface area (Å²) in [5.74, 6) is 0.447. The lowest BCUT2D eigenvalue weighted by Crippen LogP contribution is -2.39. The molecule has 122 valence electrons. The highest BCUT2D eigenvalue weighted by molar-refractivity contribution is 5.92. The number of nitrogens with zero attached hydrogens (tertiary/aromatic N) is 5. The quantitative estimate of drug-likeness (QED) is 0.849. The van der Waals surface area contributed by atoms with Crippen molar-refractivity contribution in [1.82, 2.24) is 29.9 Å². The number of aromatic amines is 1. The molecule has 1 amide bonds. The van der Waals surface area contributed by atoms with E-state index in [1.807, 2.05) is 9.47 Å². The Balaban J connectivity index is 1.51. The summed E-state index contributed by atoms with van der Waals surface area (Å²) in [5.41, 5.74) is 7.08. The van der Waals surface area contributed by atoms with E-state index in [0.29, 0.717) is 18.2 Å². The molecule has 1 saturated heterocycles. The van der Waals surface area contributed by atoms with Crippen LogP contribution in [-0.2, 0) is 13.1 Å². The fraction of sp³-hybridized carbons (Fsp3) is 0.600. The summed E-state index contributed by atoms with van der Waals surface area (Å²) in [6.07, 6.45) is 7.13. The van der Waals surface area contributed by atoms with Gasteiger partial charge < -0.3 is 15.2 Å². The summed E-state index contributed by atoms with van der Waals surface area (Å²) in [6, 6.07) is 1.75. The third-order valence-corrected chi connectivity index (χ3v) is 5.42. The predicted molar refractivity (Wildman–Crippen MR) is 82.2 cm³/mol. The van der Waals surface area contributed by atoms with Gasteiger partial charge in [-0.15, -0.1) is 10.2 Å². The molecule has 0 aromatic carbocycles. The number of carbonyl (C=O) groups is 1. The van der Waals surface area contributed by atoms with Crippen LogP contribution in [0.5, 0.6) is 0 Å². The van der Waals surface area contributed by atoms with E-state index in [0.717, 1.165) is 25.3 Å². The number of nitrogens with two attached hydrogens (primary N) is 1. The van der Waals surface area contributed by atoms with Crippen LogP contribution in [0.4, 0.5) is 0 Å². The Kier molecular flexibility index (Phi) is 3.41. The zero-order chi connectivity index (χ0) is 15.9. The van der Waals surface area contributed by atoms with E-state index in [1.165, 1.54) is 19.3 Å². The maximum absolute atomic E-state index is 12.7. The molecule has 1 spiro atoms. The molecule has 2 aliphatic rings. The third kappa shape index (κ3) is 2.42. The summed E-state index contributed by atoms with van der Waals surface area (Å²) < 4.78 is 2.01. The average molecular weight is 315 g/mol. The van der Waals surface area contributed by atoms with Gasteiger partial charge in [-0.25, -0.2) is 0 Å². The van der Waals surface area contributed by atoms with Crippen molar-refractivity contribution in [1.29, 1.82) is 0 Å². The van der Waals surface area contributed by atoms with Gasteiger partial charge in [0.05, 0.1) is 0 Å². The first-order valence-electron chi connectivity index (χ1n) is 8.06. The largest absolute Gasteiger partial charge is 0.336 e.